The summed E-state index contributed by atoms with van der Waals surface area (Å²) in [7, 11) is 0. The number of nitrogens with zero attached hydrogens (tertiary/aromatic N) is 1. The van der Waals surface area contributed by atoms with Crippen molar-refractivity contribution in [2.24, 2.45) is 0 Å². The predicted molar refractivity (Wildman–Crippen MR) is 239 cm³/mol. The summed E-state index contributed by atoms with van der Waals surface area (Å²) in [6.07, 6.45) is 0. The molecule has 0 N–H and O–H groups in total. The fourth-order valence-corrected chi connectivity index (χ4v) is 9.18. The number of furan rings is 2. The molecule has 2 heterocycles. The van der Waals surface area contributed by atoms with Gasteiger partial charge in [-0.2, -0.15) is 0 Å². The number of benzene rings is 10. The lowest BCUT2D eigenvalue weighted by Gasteiger charge is -2.28. The first-order valence-electron chi connectivity index (χ1n) is 19.4. The highest BCUT2D eigenvalue weighted by atomic mass is 16.3. The van der Waals surface area contributed by atoms with Crippen LogP contribution in [0.3, 0.4) is 0 Å². The molecule has 266 valence electrons. The van der Waals surface area contributed by atoms with Gasteiger partial charge in [0.15, 0.2) is 5.58 Å². The Morgan fingerprint density at radius 1 is 0.281 bits per heavy atom. The van der Waals surface area contributed by atoms with Crippen molar-refractivity contribution in [2.75, 3.05) is 4.90 Å². The Morgan fingerprint density at radius 3 is 1.63 bits per heavy atom. The fraction of sp³-hybridized carbons (Fsp3) is 0. The lowest BCUT2D eigenvalue weighted by Crippen LogP contribution is -2.11. The molecule has 0 bridgehead atoms. The number of hydrogen-bond acceptors (Lipinski definition) is 3. The van der Waals surface area contributed by atoms with Gasteiger partial charge in [-0.25, -0.2) is 0 Å². The molecule has 0 saturated carbocycles. The maximum atomic E-state index is 6.67. The van der Waals surface area contributed by atoms with Crippen LogP contribution >= 0.6 is 0 Å². The van der Waals surface area contributed by atoms with E-state index in [0.29, 0.717) is 0 Å². The van der Waals surface area contributed by atoms with E-state index in [-0.39, 0.29) is 0 Å². The van der Waals surface area contributed by atoms with Crippen molar-refractivity contribution >= 4 is 93.3 Å². The van der Waals surface area contributed by atoms with E-state index in [1.807, 2.05) is 18.2 Å². The molecule has 3 heteroatoms. The maximum Gasteiger partial charge on any atom is 0.159 e. The molecule has 0 amide bonds. The van der Waals surface area contributed by atoms with Gasteiger partial charge in [-0.05, 0) is 92.2 Å². The minimum atomic E-state index is 0.859. The van der Waals surface area contributed by atoms with Gasteiger partial charge in [0.2, 0.25) is 0 Å². The number of fused-ring (bicyclic) bond motifs is 13. The van der Waals surface area contributed by atoms with Crippen LogP contribution in [0.15, 0.2) is 209 Å². The van der Waals surface area contributed by atoms with Crippen LogP contribution in [-0.2, 0) is 0 Å². The topological polar surface area (TPSA) is 29.5 Å². The van der Waals surface area contributed by atoms with Crippen LogP contribution in [-0.4, -0.2) is 0 Å². The van der Waals surface area contributed by atoms with Gasteiger partial charge in [-0.1, -0.05) is 152 Å². The van der Waals surface area contributed by atoms with Gasteiger partial charge >= 0.3 is 0 Å². The van der Waals surface area contributed by atoms with E-state index in [4.69, 9.17) is 8.83 Å². The maximum absolute atomic E-state index is 6.67. The normalized spacial score (nSPS) is 11.9. The zero-order valence-corrected chi connectivity index (χ0v) is 30.8. The van der Waals surface area contributed by atoms with Gasteiger partial charge in [0.05, 0.1) is 11.4 Å². The van der Waals surface area contributed by atoms with E-state index in [2.05, 4.69) is 187 Å². The molecule has 0 saturated heterocycles. The molecule has 12 rings (SSSR count). The van der Waals surface area contributed by atoms with E-state index in [9.17, 15) is 0 Å². The van der Waals surface area contributed by atoms with Gasteiger partial charge in [-0.3, -0.25) is 0 Å². The molecule has 3 nitrogen and oxygen atoms in total. The largest absolute Gasteiger partial charge is 0.456 e. The van der Waals surface area contributed by atoms with E-state index in [1.54, 1.807) is 0 Å². The van der Waals surface area contributed by atoms with Crippen molar-refractivity contribution in [3.05, 3.63) is 200 Å². The smallest absolute Gasteiger partial charge is 0.159 e. The number of anilines is 3. The summed E-state index contributed by atoms with van der Waals surface area (Å²) >= 11 is 0. The molecule has 0 aliphatic carbocycles. The van der Waals surface area contributed by atoms with Crippen LogP contribution < -0.4 is 4.90 Å². The molecule has 0 aliphatic heterocycles. The summed E-state index contributed by atoms with van der Waals surface area (Å²) in [6.45, 7) is 0. The third-order valence-electron chi connectivity index (χ3n) is 11.7. The molecule has 0 atom stereocenters. The second-order valence-electron chi connectivity index (χ2n) is 14.8. The monoisotopic (exact) mass is 727 g/mol. The van der Waals surface area contributed by atoms with Crippen LogP contribution in [0.1, 0.15) is 0 Å². The van der Waals surface area contributed by atoms with E-state index in [0.717, 1.165) is 72.2 Å². The highest BCUT2D eigenvalue weighted by molar-refractivity contribution is 6.36. The van der Waals surface area contributed by atoms with Gasteiger partial charge in [0.25, 0.3) is 0 Å². The molecule has 2 aromatic heterocycles. The molecule has 0 radical (unpaired) electrons. The van der Waals surface area contributed by atoms with Crippen molar-refractivity contribution in [2.45, 2.75) is 0 Å². The quantitative estimate of drug-likeness (QED) is 0.165. The lowest BCUT2D eigenvalue weighted by atomic mass is 9.88. The molecule has 0 spiro atoms. The summed E-state index contributed by atoms with van der Waals surface area (Å²) in [5.41, 5.74) is 11.3. The Bertz CT molecular complexity index is 3490. The van der Waals surface area contributed by atoms with Crippen LogP contribution in [0.5, 0.6) is 0 Å². The van der Waals surface area contributed by atoms with Gasteiger partial charge in [0.1, 0.15) is 16.7 Å². The molecule has 12 aromatic rings. The molecule has 0 unspecified atom stereocenters. The Kier molecular flexibility index (Phi) is 6.93. The van der Waals surface area contributed by atoms with Crippen LogP contribution in [0.2, 0.25) is 0 Å². The van der Waals surface area contributed by atoms with Crippen LogP contribution in [0.4, 0.5) is 17.1 Å². The lowest BCUT2D eigenvalue weighted by molar-refractivity contribution is 0.669. The first-order chi connectivity index (χ1) is 28.3. The number of para-hydroxylation sites is 4. The summed E-state index contributed by atoms with van der Waals surface area (Å²) in [5.74, 6) is 0. The molecular weight excluding hydrogens is 695 g/mol. The molecule has 10 aromatic carbocycles. The van der Waals surface area contributed by atoms with E-state index < -0.39 is 0 Å². The van der Waals surface area contributed by atoms with Gasteiger partial charge in [0, 0.05) is 38.2 Å². The first kappa shape index (κ1) is 31.7. The van der Waals surface area contributed by atoms with Crippen molar-refractivity contribution in [1.29, 1.82) is 0 Å². The SMILES string of the molecule is c1ccc(-c2ccccc2N(c2ccc(-c3cccc4c5ccc6oc7ccccc7c6c5c5ccccc5c34)cc2)c2cccc3c2oc2ccccc23)cc1. The van der Waals surface area contributed by atoms with Crippen molar-refractivity contribution in [3.63, 3.8) is 0 Å². The summed E-state index contributed by atoms with van der Waals surface area (Å²) in [4.78, 5) is 2.35. The molecular formula is C54H33NO2. The minimum absolute atomic E-state index is 0.859. The van der Waals surface area contributed by atoms with E-state index >= 15 is 0 Å². The van der Waals surface area contributed by atoms with Crippen molar-refractivity contribution < 1.29 is 8.83 Å². The first-order valence-corrected chi connectivity index (χ1v) is 19.4. The standard InChI is InChI=1S/C54H33NO2/c1-2-14-34(15-3-1)37-16-6-9-24-46(37)55(47-25-13-23-44-39-17-7-10-26-48(39)57-54(44)47)36-30-28-35(29-31-36)38-21-12-22-41-43-32-33-50-53(45-20-8-11-27-49(45)56-50)52(43)42-19-5-4-18-40(42)51(38)41/h1-33H. The second-order valence-corrected chi connectivity index (χ2v) is 14.8. The fourth-order valence-electron chi connectivity index (χ4n) is 9.18. The zero-order chi connectivity index (χ0) is 37.5. The second kappa shape index (κ2) is 12.5. The summed E-state index contributed by atoms with van der Waals surface area (Å²) in [5, 5.41) is 11.9. The highest BCUT2D eigenvalue weighted by Gasteiger charge is 2.23. The number of rotatable bonds is 5. The van der Waals surface area contributed by atoms with Crippen LogP contribution in [0.25, 0.3) is 98.4 Å². The van der Waals surface area contributed by atoms with Gasteiger partial charge < -0.3 is 13.7 Å². The Hall–Kier alpha value is -7.62. The average molecular weight is 728 g/mol. The Labute approximate surface area is 328 Å². The van der Waals surface area contributed by atoms with Crippen molar-refractivity contribution in [3.8, 4) is 22.3 Å². The van der Waals surface area contributed by atoms with Gasteiger partial charge in [-0.15, -0.1) is 0 Å². The third-order valence-corrected chi connectivity index (χ3v) is 11.7. The highest BCUT2D eigenvalue weighted by Crippen LogP contribution is 2.48. The number of hydrogen-bond donors (Lipinski definition) is 0. The summed E-state index contributed by atoms with van der Waals surface area (Å²) in [6, 6.07) is 71.4. The molecule has 0 fully saturated rings. The molecule has 57 heavy (non-hydrogen) atoms. The van der Waals surface area contributed by atoms with E-state index in [1.165, 1.54) is 43.3 Å². The van der Waals surface area contributed by atoms with Crippen LogP contribution in [0, 0.1) is 0 Å². The molecule has 0 aliphatic rings. The minimum Gasteiger partial charge on any atom is -0.456 e. The van der Waals surface area contributed by atoms with Crippen molar-refractivity contribution in [1.82, 2.24) is 0 Å². The Balaban J connectivity index is 1.08. The third kappa shape index (κ3) is 4.79. The summed E-state index contributed by atoms with van der Waals surface area (Å²) < 4.78 is 13.0. The average Bonchev–Trinajstić information content (AvgIpc) is 3.86. The Morgan fingerprint density at radius 2 is 0.825 bits per heavy atom. The predicted octanol–water partition coefficient (Wildman–Crippen LogP) is 15.7. The zero-order valence-electron chi connectivity index (χ0n) is 30.8.